The van der Waals surface area contributed by atoms with Gasteiger partial charge in [-0.05, 0) is 61.0 Å². The molecule has 4 rings (SSSR count). The first kappa shape index (κ1) is 51.7. The van der Waals surface area contributed by atoms with Gasteiger partial charge in [0.2, 0.25) is 24.1 Å². The number of nitrogen functional groups attached to an aromatic ring is 2. The Kier molecular flexibility index (Phi) is 22.8. The molecule has 2 aromatic carbocycles. The van der Waals surface area contributed by atoms with Gasteiger partial charge in [0, 0.05) is 72.5 Å². The number of anilines is 4. The van der Waals surface area contributed by atoms with Gasteiger partial charge in [-0.3, -0.25) is 34.4 Å². The van der Waals surface area contributed by atoms with Crippen molar-refractivity contribution in [3.63, 3.8) is 0 Å². The number of benzene rings is 2. The predicted molar refractivity (Wildman–Crippen MR) is 239 cm³/mol. The highest BCUT2D eigenvalue weighted by atomic mass is 19.1. The van der Waals surface area contributed by atoms with E-state index < -0.39 is 17.6 Å². The standard InChI is InChI=1S/C43H56FN9O9.CH2O/c1-4-5-9-40(57)52-53(27-54)43(58)31-7-6-8-36(29(31)3)48-13-15-60-17-19-62-21-20-61-18-16-59-14-11-38(55)49-12-10-39(56)51-37-23-30-22-32(33-24-47-26-35(45)28(33)2)41(44)42(46)34(30)25-50-37;1-2/h6-8,22-27,48H,4-5,9-21,45-46H2,1-3H3,(H,49,55)(H,52,57)(H,50,51,56);1H2. The zero-order chi connectivity index (χ0) is 46.9. The van der Waals surface area contributed by atoms with Crippen molar-refractivity contribution < 1.29 is 52.1 Å². The molecule has 0 radical (unpaired) electrons. The van der Waals surface area contributed by atoms with Crippen molar-refractivity contribution in [1.82, 2.24) is 25.7 Å². The molecule has 0 saturated carbocycles. The molecule has 0 bridgehead atoms. The normalized spacial score (nSPS) is 10.7. The van der Waals surface area contributed by atoms with Crippen LogP contribution in [-0.2, 0) is 42.9 Å². The zero-order valence-corrected chi connectivity index (χ0v) is 36.5. The van der Waals surface area contributed by atoms with E-state index in [-0.39, 0.29) is 66.9 Å². The first-order valence-corrected chi connectivity index (χ1v) is 20.6. The first-order chi connectivity index (χ1) is 30.9. The van der Waals surface area contributed by atoms with Crippen LogP contribution in [0, 0.1) is 19.7 Å². The summed E-state index contributed by atoms with van der Waals surface area (Å²) in [5.74, 6) is -2.03. The second-order valence-electron chi connectivity index (χ2n) is 14.0. The summed E-state index contributed by atoms with van der Waals surface area (Å²) in [6, 6.07) is 8.30. The topological polar surface area (TPSA) is 269 Å². The third-order valence-corrected chi connectivity index (χ3v) is 9.53. The highest BCUT2D eigenvalue weighted by Gasteiger charge is 2.21. The van der Waals surface area contributed by atoms with Crippen LogP contribution in [0.15, 0.2) is 48.9 Å². The Bertz CT molecular complexity index is 2180. The molecule has 5 amide bonds. The van der Waals surface area contributed by atoms with E-state index >= 15 is 4.39 Å². The number of hydrogen-bond acceptors (Lipinski definition) is 15. The number of carbonyl (C=O) groups is 6. The van der Waals surface area contributed by atoms with Gasteiger partial charge in [0.05, 0.1) is 70.4 Å². The van der Waals surface area contributed by atoms with Crippen molar-refractivity contribution >= 4 is 70.5 Å². The van der Waals surface area contributed by atoms with Gasteiger partial charge in [0.25, 0.3) is 5.91 Å². The number of hydrazine groups is 1. The summed E-state index contributed by atoms with van der Waals surface area (Å²) in [6.07, 6.45) is 6.49. The number of ether oxygens (including phenoxy) is 4. The molecule has 20 heteroatoms. The van der Waals surface area contributed by atoms with E-state index in [4.69, 9.17) is 35.2 Å². The number of unbranched alkanes of at least 4 members (excludes halogenated alkanes) is 1. The van der Waals surface area contributed by atoms with Crippen molar-refractivity contribution in [3.05, 3.63) is 71.4 Å². The summed E-state index contributed by atoms with van der Waals surface area (Å²) in [7, 11) is 0. The molecule has 8 N–H and O–H groups in total. The summed E-state index contributed by atoms with van der Waals surface area (Å²) in [4.78, 5) is 77.5. The lowest BCUT2D eigenvalue weighted by atomic mass is 9.97. The van der Waals surface area contributed by atoms with Crippen LogP contribution in [0.4, 0.5) is 27.3 Å². The Morgan fingerprint density at radius 2 is 1.47 bits per heavy atom. The van der Waals surface area contributed by atoms with Gasteiger partial charge < -0.3 is 51.2 Å². The predicted octanol–water partition coefficient (Wildman–Crippen LogP) is 3.87. The highest BCUT2D eigenvalue weighted by molar-refractivity contribution is 6.03. The number of aromatic nitrogens is 2. The number of pyridine rings is 2. The molecule has 0 aliphatic heterocycles. The smallest absolute Gasteiger partial charge is 0.279 e. The molecule has 19 nitrogen and oxygen atoms in total. The number of hydrogen-bond donors (Lipinski definition) is 6. The van der Waals surface area contributed by atoms with Crippen LogP contribution in [-0.4, -0.2) is 118 Å². The molecule has 0 fully saturated rings. The Morgan fingerprint density at radius 3 is 2.14 bits per heavy atom. The molecule has 0 atom stereocenters. The molecule has 346 valence electrons. The van der Waals surface area contributed by atoms with Gasteiger partial charge in [0.1, 0.15) is 12.6 Å². The number of halogens is 1. The van der Waals surface area contributed by atoms with Crippen LogP contribution in [0.3, 0.4) is 0 Å². The summed E-state index contributed by atoms with van der Waals surface area (Å²) >= 11 is 0. The van der Waals surface area contributed by atoms with Crippen molar-refractivity contribution in [3.8, 4) is 11.1 Å². The number of rotatable bonds is 26. The van der Waals surface area contributed by atoms with Crippen molar-refractivity contribution in [2.45, 2.75) is 52.9 Å². The number of imide groups is 1. The number of nitrogens with one attached hydrogen (secondary N) is 4. The van der Waals surface area contributed by atoms with Crippen LogP contribution >= 0.6 is 0 Å². The van der Waals surface area contributed by atoms with E-state index in [1.165, 1.54) is 18.6 Å². The fourth-order valence-corrected chi connectivity index (χ4v) is 6.01. The van der Waals surface area contributed by atoms with E-state index in [9.17, 15) is 24.0 Å². The van der Waals surface area contributed by atoms with Crippen molar-refractivity contribution in [1.29, 1.82) is 0 Å². The van der Waals surface area contributed by atoms with Gasteiger partial charge >= 0.3 is 0 Å². The minimum absolute atomic E-state index is 0.00332. The number of carbonyl (C=O) groups excluding carboxylic acids is 6. The summed E-state index contributed by atoms with van der Waals surface area (Å²) in [5.41, 5.74) is 17.8. The second-order valence-corrected chi connectivity index (χ2v) is 14.0. The largest absolute Gasteiger partial charge is 0.397 e. The molecule has 2 heterocycles. The number of amides is 5. The Balaban J connectivity index is 0.00000537. The molecule has 0 saturated heterocycles. The van der Waals surface area contributed by atoms with Gasteiger partial charge in [-0.25, -0.2) is 9.37 Å². The molecule has 0 aliphatic rings. The zero-order valence-electron chi connectivity index (χ0n) is 36.5. The monoisotopic (exact) mass is 891 g/mol. The molecule has 0 aliphatic carbocycles. The van der Waals surface area contributed by atoms with Crippen LogP contribution in [0.1, 0.15) is 60.5 Å². The van der Waals surface area contributed by atoms with Crippen molar-refractivity contribution in [2.75, 3.05) is 88.0 Å². The lowest BCUT2D eigenvalue weighted by Crippen LogP contribution is -2.45. The van der Waals surface area contributed by atoms with Crippen LogP contribution < -0.4 is 32.8 Å². The lowest BCUT2D eigenvalue weighted by molar-refractivity contribution is -0.131. The second kappa shape index (κ2) is 28.2. The van der Waals surface area contributed by atoms with E-state index in [1.807, 2.05) is 19.8 Å². The van der Waals surface area contributed by atoms with E-state index in [0.717, 1.165) is 6.42 Å². The minimum atomic E-state index is -0.624. The quantitative estimate of drug-likeness (QED) is 0.0226. The highest BCUT2D eigenvalue weighted by Crippen LogP contribution is 2.36. The molecule has 0 spiro atoms. The Labute approximate surface area is 371 Å². The minimum Gasteiger partial charge on any atom is -0.397 e. The molecule has 4 aromatic rings. The third-order valence-electron chi connectivity index (χ3n) is 9.53. The Morgan fingerprint density at radius 1 is 0.797 bits per heavy atom. The summed E-state index contributed by atoms with van der Waals surface area (Å²) in [5, 5.41) is 10.2. The van der Waals surface area contributed by atoms with Crippen molar-refractivity contribution in [2.24, 2.45) is 0 Å². The average molecular weight is 892 g/mol. The average Bonchev–Trinajstić information content (AvgIpc) is 3.29. The number of fused-ring (bicyclic) bond motifs is 1. The lowest BCUT2D eigenvalue weighted by Gasteiger charge is -2.19. The summed E-state index contributed by atoms with van der Waals surface area (Å²) in [6.45, 7) is 10.7. The van der Waals surface area contributed by atoms with Gasteiger partial charge in [-0.1, -0.05) is 19.4 Å². The van der Waals surface area contributed by atoms with Gasteiger partial charge in [0.15, 0.2) is 5.82 Å². The van der Waals surface area contributed by atoms with Crippen LogP contribution in [0.2, 0.25) is 0 Å². The SMILES string of the molecule is C=O.CCCCC(=O)NN(C=O)C(=O)c1cccc(NCCOCCOCCOCCOCCC(=O)NCCC(=O)Nc2cc3cc(-c4cncc(N)c4C)c(F)c(N)c3cn2)c1C. The Hall–Kier alpha value is -6.61. The first-order valence-electron chi connectivity index (χ1n) is 20.6. The molecule has 64 heavy (non-hydrogen) atoms. The fraction of sp³-hybridized carbons (Fsp3) is 0.409. The van der Waals surface area contributed by atoms with E-state index in [0.29, 0.717) is 109 Å². The maximum absolute atomic E-state index is 15.2. The molecule has 2 aromatic heterocycles. The van der Waals surface area contributed by atoms with E-state index in [1.54, 1.807) is 38.1 Å². The van der Waals surface area contributed by atoms with E-state index in [2.05, 4.69) is 31.3 Å². The van der Waals surface area contributed by atoms with Gasteiger partial charge in [-0.15, -0.1) is 0 Å². The van der Waals surface area contributed by atoms with Crippen LogP contribution in [0.5, 0.6) is 0 Å². The number of nitrogens with two attached hydrogens (primary N) is 2. The molecule has 0 unspecified atom stereocenters. The fourth-order valence-electron chi connectivity index (χ4n) is 6.01. The maximum Gasteiger partial charge on any atom is 0.279 e. The van der Waals surface area contributed by atoms with Crippen LogP contribution in [0.25, 0.3) is 21.9 Å². The molecular formula is C44H58FN9O10. The van der Waals surface area contributed by atoms with Gasteiger partial charge in [-0.2, -0.15) is 5.01 Å². The third kappa shape index (κ3) is 16.3. The maximum atomic E-state index is 15.2. The molecular weight excluding hydrogens is 834 g/mol. The number of nitrogens with zero attached hydrogens (tertiary/aromatic N) is 3. The summed E-state index contributed by atoms with van der Waals surface area (Å²) < 4.78 is 37.3.